The van der Waals surface area contributed by atoms with Gasteiger partial charge >= 0.3 is 0 Å². The molecule has 106 valence electrons. The number of hydrogen-bond acceptors (Lipinski definition) is 3. The van der Waals surface area contributed by atoms with Crippen LogP contribution in [0.4, 0.5) is 0 Å². The maximum atomic E-state index is 11.0. The molecule has 1 aliphatic rings. The molecule has 1 saturated heterocycles. The molecular formula is C16H21N3O. The van der Waals surface area contributed by atoms with Crippen LogP contribution in [0.5, 0.6) is 0 Å². The first kappa shape index (κ1) is 13.3. The van der Waals surface area contributed by atoms with Gasteiger partial charge in [0.05, 0.1) is 11.2 Å². The van der Waals surface area contributed by atoms with E-state index in [1.54, 1.807) is 0 Å². The zero-order valence-electron chi connectivity index (χ0n) is 12.0. The van der Waals surface area contributed by atoms with Gasteiger partial charge < -0.3 is 4.79 Å². The van der Waals surface area contributed by atoms with Gasteiger partial charge in [0.2, 0.25) is 0 Å². The average molecular weight is 271 g/mol. The first-order chi connectivity index (χ1) is 9.81. The number of fused-ring (bicyclic) bond motifs is 1. The summed E-state index contributed by atoms with van der Waals surface area (Å²) in [5.41, 5.74) is 2.34. The van der Waals surface area contributed by atoms with Crippen molar-refractivity contribution in [3.8, 4) is 0 Å². The third-order valence-electron chi connectivity index (χ3n) is 4.14. The van der Waals surface area contributed by atoms with Crippen LogP contribution in [0.2, 0.25) is 0 Å². The van der Waals surface area contributed by atoms with Crippen molar-refractivity contribution in [3.05, 3.63) is 30.0 Å². The number of hydrogen-bond donors (Lipinski definition) is 0. The molecule has 0 saturated carbocycles. The van der Waals surface area contributed by atoms with Gasteiger partial charge in [-0.1, -0.05) is 18.2 Å². The summed E-state index contributed by atoms with van der Waals surface area (Å²) in [6, 6.07) is 8.39. The van der Waals surface area contributed by atoms with Gasteiger partial charge in [-0.2, -0.15) is 5.10 Å². The normalized spacial score (nSPS) is 20.4. The summed E-state index contributed by atoms with van der Waals surface area (Å²) in [7, 11) is 0. The predicted molar refractivity (Wildman–Crippen MR) is 79.5 cm³/mol. The number of aromatic nitrogens is 2. The second kappa shape index (κ2) is 5.75. The summed E-state index contributed by atoms with van der Waals surface area (Å²) in [6.07, 6.45) is 3.24. The molecule has 1 aliphatic heterocycles. The standard InChI is InChI=1S/C16H21N3O/c1-2-19-16-8-4-3-7-14(16)15(17-19)11-18-9-5-6-13(10-18)12-20/h3-4,7-8,12-13H,2,5-6,9-11H2,1H3. The first-order valence-corrected chi connectivity index (χ1v) is 7.44. The zero-order valence-corrected chi connectivity index (χ0v) is 12.0. The molecule has 0 aliphatic carbocycles. The topological polar surface area (TPSA) is 38.1 Å². The summed E-state index contributed by atoms with van der Waals surface area (Å²) in [5, 5.41) is 5.98. The Hall–Kier alpha value is -1.68. The summed E-state index contributed by atoms with van der Waals surface area (Å²) in [5.74, 6) is 0.197. The Morgan fingerprint density at radius 1 is 1.40 bits per heavy atom. The van der Waals surface area contributed by atoms with E-state index in [4.69, 9.17) is 5.10 Å². The minimum absolute atomic E-state index is 0.197. The molecule has 20 heavy (non-hydrogen) atoms. The molecule has 1 unspecified atom stereocenters. The number of nitrogens with zero attached hydrogens (tertiary/aromatic N) is 3. The van der Waals surface area contributed by atoms with Crippen LogP contribution < -0.4 is 0 Å². The minimum Gasteiger partial charge on any atom is -0.303 e. The quantitative estimate of drug-likeness (QED) is 0.802. The lowest BCUT2D eigenvalue weighted by atomic mass is 9.99. The highest BCUT2D eigenvalue weighted by Gasteiger charge is 2.21. The Morgan fingerprint density at radius 3 is 3.05 bits per heavy atom. The van der Waals surface area contributed by atoms with Gasteiger partial charge in [-0.3, -0.25) is 9.58 Å². The van der Waals surface area contributed by atoms with E-state index in [1.165, 1.54) is 10.9 Å². The molecule has 2 heterocycles. The van der Waals surface area contributed by atoms with Crippen LogP contribution in [0.25, 0.3) is 10.9 Å². The number of carbonyl (C=O) groups excluding carboxylic acids is 1. The molecule has 0 amide bonds. The molecule has 4 nitrogen and oxygen atoms in total. The number of benzene rings is 1. The largest absolute Gasteiger partial charge is 0.303 e. The molecule has 1 atom stereocenters. The molecule has 2 aromatic rings. The van der Waals surface area contributed by atoms with Crippen molar-refractivity contribution in [1.29, 1.82) is 0 Å². The summed E-state index contributed by atoms with van der Waals surface area (Å²) >= 11 is 0. The molecular weight excluding hydrogens is 250 g/mol. The number of rotatable bonds is 4. The van der Waals surface area contributed by atoms with Crippen LogP contribution in [0.3, 0.4) is 0 Å². The van der Waals surface area contributed by atoms with Crippen molar-refractivity contribution in [1.82, 2.24) is 14.7 Å². The summed E-state index contributed by atoms with van der Waals surface area (Å²) < 4.78 is 2.06. The maximum Gasteiger partial charge on any atom is 0.124 e. The summed E-state index contributed by atoms with van der Waals surface area (Å²) in [6.45, 7) is 5.79. The van der Waals surface area contributed by atoms with Crippen molar-refractivity contribution in [2.75, 3.05) is 13.1 Å². The van der Waals surface area contributed by atoms with E-state index in [2.05, 4.69) is 40.8 Å². The Kier molecular flexibility index (Phi) is 3.83. The predicted octanol–water partition coefficient (Wildman–Crippen LogP) is 2.47. The van der Waals surface area contributed by atoms with E-state index in [0.717, 1.165) is 51.0 Å². The number of aryl methyl sites for hydroxylation is 1. The molecule has 0 N–H and O–H groups in total. The number of piperidine rings is 1. The van der Waals surface area contributed by atoms with Crippen LogP contribution in [0, 0.1) is 5.92 Å². The van der Waals surface area contributed by atoms with Crippen LogP contribution in [-0.2, 0) is 17.9 Å². The van der Waals surface area contributed by atoms with Crippen LogP contribution >= 0.6 is 0 Å². The molecule has 1 aromatic carbocycles. The van der Waals surface area contributed by atoms with E-state index in [9.17, 15) is 4.79 Å². The lowest BCUT2D eigenvalue weighted by Gasteiger charge is -2.29. The van der Waals surface area contributed by atoms with Gasteiger partial charge in [-0.05, 0) is 32.4 Å². The molecule has 1 aromatic heterocycles. The van der Waals surface area contributed by atoms with Crippen LogP contribution in [0.1, 0.15) is 25.5 Å². The molecule has 0 bridgehead atoms. The monoisotopic (exact) mass is 271 g/mol. The molecule has 0 radical (unpaired) electrons. The number of carbonyl (C=O) groups is 1. The molecule has 0 spiro atoms. The smallest absolute Gasteiger partial charge is 0.124 e. The molecule has 3 rings (SSSR count). The Morgan fingerprint density at radius 2 is 2.25 bits per heavy atom. The summed E-state index contributed by atoms with van der Waals surface area (Å²) in [4.78, 5) is 13.3. The van der Waals surface area contributed by atoms with E-state index < -0.39 is 0 Å². The van der Waals surface area contributed by atoms with Gasteiger partial charge in [-0.25, -0.2) is 0 Å². The van der Waals surface area contributed by atoms with Gasteiger partial charge in [0.15, 0.2) is 0 Å². The van der Waals surface area contributed by atoms with Gasteiger partial charge in [0.1, 0.15) is 6.29 Å². The number of likely N-dealkylation sites (tertiary alicyclic amines) is 1. The Bertz CT molecular complexity index is 605. The minimum atomic E-state index is 0.197. The van der Waals surface area contributed by atoms with Crippen LogP contribution in [-0.4, -0.2) is 34.1 Å². The zero-order chi connectivity index (χ0) is 13.9. The highest BCUT2D eigenvalue weighted by Crippen LogP contribution is 2.22. The highest BCUT2D eigenvalue weighted by molar-refractivity contribution is 5.81. The lowest BCUT2D eigenvalue weighted by Crippen LogP contribution is -2.35. The third kappa shape index (κ3) is 2.48. The van der Waals surface area contributed by atoms with Gasteiger partial charge in [-0.15, -0.1) is 0 Å². The van der Waals surface area contributed by atoms with E-state index >= 15 is 0 Å². The number of aldehydes is 1. The Balaban J connectivity index is 1.85. The third-order valence-corrected chi connectivity index (χ3v) is 4.14. The SMILES string of the molecule is CCn1nc(CN2CCCC(C=O)C2)c2ccccc21. The fourth-order valence-corrected chi connectivity index (χ4v) is 3.11. The molecule has 4 heteroatoms. The Labute approximate surface area is 119 Å². The average Bonchev–Trinajstić information content (AvgIpc) is 2.86. The van der Waals surface area contributed by atoms with E-state index in [-0.39, 0.29) is 5.92 Å². The van der Waals surface area contributed by atoms with Crippen molar-refractivity contribution in [3.63, 3.8) is 0 Å². The van der Waals surface area contributed by atoms with Crippen molar-refractivity contribution >= 4 is 17.2 Å². The van der Waals surface area contributed by atoms with Crippen molar-refractivity contribution in [2.24, 2.45) is 5.92 Å². The van der Waals surface area contributed by atoms with E-state index in [0.29, 0.717) is 0 Å². The lowest BCUT2D eigenvalue weighted by molar-refractivity contribution is -0.112. The fourth-order valence-electron chi connectivity index (χ4n) is 3.11. The van der Waals surface area contributed by atoms with Crippen molar-refractivity contribution < 1.29 is 4.79 Å². The molecule has 1 fully saturated rings. The highest BCUT2D eigenvalue weighted by atomic mass is 16.1. The van der Waals surface area contributed by atoms with Gasteiger partial charge in [0.25, 0.3) is 0 Å². The fraction of sp³-hybridized carbons (Fsp3) is 0.500. The number of para-hydroxylation sites is 1. The maximum absolute atomic E-state index is 11.0. The van der Waals surface area contributed by atoms with Crippen molar-refractivity contribution in [2.45, 2.75) is 32.9 Å². The van der Waals surface area contributed by atoms with E-state index in [1.807, 2.05) is 0 Å². The second-order valence-corrected chi connectivity index (χ2v) is 5.55. The van der Waals surface area contributed by atoms with Gasteiger partial charge in [0, 0.05) is 30.9 Å². The first-order valence-electron chi connectivity index (χ1n) is 7.44. The van der Waals surface area contributed by atoms with Crippen LogP contribution in [0.15, 0.2) is 24.3 Å². The second-order valence-electron chi connectivity index (χ2n) is 5.55.